The summed E-state index contributed by atoms with van der Waals surface area (Å²) in [6, 6.07) is 13.7. The molecule has 0 spiro atoms. The van der Waals surface area contributed by atoms with Crippen molar-refractivity contribution in [1.29, 1.82) is 0 Å². The molecule has 0 saturated heterocycles. The predicted molar refractivity (Wildman–Crippen MR) is 82.8 cm³/mol. The van der Waals surface area contributed by atoms with Crippen molar-refractivity contribution in [2.24, 2.45) is 0 Å². The third-order valence-electron chi connectivity index (χ3n) is 2.80. The summed E-state index contributed by atoms with van der Waals surface area (Å²) in [5, 5.41) is 2.74. The van der Waals surface area contributed by atoms with Crippen LogP contribution in [0.2, 0.25) is 0 Å². The number of carbonyl (C=O) groups is 1. The second-order valence-corrected chi connectivity index (χ2v) is 5.35. The molecule has 110 valence electrons. The van der Waals surface area contributed by atoms with Crippen molar-refractivity contribution in [3.8, 4) is 5.75 Å². The molecule has 2 aromatic carbocycles. The highest BCUT2D eigenvalue weighted by Crippen LogP contribution is 2.14. The second-order valence-electron chi connectivity index (χ2n) is 4.43. The van der Waals surface area contributed by atoms with Crippen molar-refractivity contribution in [3.05, 3.63) is 64.4 Å². The van der Waals surface area contributed by atoms with Crippen LogP contribution in [0.4, 0.5) is 4.39 Å². The van der Waals surface area contributed by atoms with Gasteiger partial charge in [-0.1, -0.05) is 40.2 Å². The van der Waals surface area contributed by atoms with E-state index >= 15 is 0 Å². The third kappa shape index (κ3) is 5.19. The van der Waals surface area contributed by atoms with Gasteiger partial charge in [-0.15, -0.1) is 0 Å². The van der Waals surface area contributed by atoms with Crippen molar-refractivity contribution in [2.75, 3.05) is 13.2 Å². The molecule has 0 bridgehead atoms. The minimum Gasteiger partial charge on any atom is -0.489 e. The lowest BCUT2D eigenvalue weighted by molar-refractivity contribution is -0.120. The number of nitrogens with one attached hydrogen (secondary N) is 1. The molecule has 1 amide bonds. The van der Waals surface area contributed by atoms with E-state index in [0.717, 1.165) is 10.0 Å². The van der Waals surface area contributed by atoms with Crippen molar-refractivity contribution >= 4 is 21.8 Å². The monoisotopic (exact) mass is 351 g/mol. The number of amides is 1. The van der Waals surface area contributed by atoms with Gasteiger partial charge in [0.1, 0.15) is 6.61 Å². The zero-order chi connectivity index (χ0) is 15.1. The Kier molecular flexibility index (Phi) is 5.75. The van der Waals surface area contributed by atoms with Crippen LogP contribution >= 0.6 is 15.9 Å². The van der Waals surface area contributed by atoms with Gasteiger partial charge in [0, 0.05) is 4.47 Å². The van der Waals surface area contributed by atoms with Gasteiger partial charge < -0.3 is 10.1 Å². The van der Waals surface area contributed by atoms with Gasteiger partial charge in [-0.3, -0.25) is 4.79 Å². The van der Waals surface area contributed by atoms with Gasteiger partial charge in [0.25, 0.3) is 0 Å². The summed E-state index contributed by atoms with van der Waals surface area (Å²) in [5.74, 6) is -0.298. The minimum absolute atomic E-state index is 0.0885. The van der Waals surface area contributed by atoms with Crippen LogP contribution in [0.5, 0.6) is 5.75 Å². The average molecular weight is 352 g/mol. The summed E-state index contributed by atoms with van der Waals surface area (Å²) in [6.07, 6.45) is 0.312. The molecule has 2 rings (SSSR count). The molecule has 5 heteroatoms. The molecule has 0 unspecified atom stereocenters. The number of hydrogen-bond acceptors (Lipinski definition) is 2. The van der Waals surface area contributed by atoms with Crippen molar-refractivity contribution in [2.45, 2.75) is 6.42 Å². The molecule has 0 aromatic heterocycles. The molecule has 0 aliphatic rings. The number of ether oxygens (including phenoxy) is 1. The maximum absolute atomic E-state index is 13.3. The zero-order valence-corrected chi connectivity index (χ0v) is 12.9. The summed E-state index contributed by atoms with van der Waals surface area (Å²) in [5.41, 5.74) is 0.936. The lowest BCUT2D eigenvalue weighted by atomic mass is 10.1. The molecule has 0 atom stereocenters. The number of rotatable bonds is 6. The normalized spacial score (nSPS) is 10.2. The van der Waals surface area contributed by atoms with Crippen LogP contribution in [0.25, 0.3) is 0 Å². The van der Waals surface area contributed by atoms with Gasteiger partial charge in [0.05, 0.1) is 13.0 Å². The van der Waals surface area contributed by atoms with Crippen molar-refractivity contribution in [3.63, 3.8) is 0 Å². The number of benzene rings is 2. The van der Waals surface area contributed by atoms with E-state index in [-0.39, 0.29) is 18.3 Å². The smallest absolute Gasteiger partial charge is 0.224 e. The molecule has 0 radical (unpaired) electrons. The molecular weight excluding hydrogens is 337 g/mol. The highest BCUT2D eigenvalue weighted by Gasteiger charge is 2.04. The van der Waals surface area contributed by atoms with Gasteiger partial charge in [-0.25, -0.2) is 4.39 Å². The molecule has 2 aromatic rings. The van der Waals surface area contributed by atoms with E-state index in [2.05, 4.69) is 21.2 Å². The molecule has 0 heterocycles. The van der Waals surface area contributed by atoms with E-state index in [1.54, 1.807) is 18.2 Å². The number of hydrogen-bond donors (Lipinski definition) is 1. The van der Waals surface area contributed by atoms with Crippen LogP contribution in [0.15, 0.2) is 53.0 Å². The Morgan fingerprint density at radius 2 is 1.86 bits per heavy atom. The van der Waals surface area contributed by atoms with Gasteiger partial charge in [0.15, 0.2) is 11.6 Å². The van der Waals surface area contributed by atoms with Crippen LogP contribution in [-0.4, -0.2) is 19.1 Å². The van der Waals surface area contributed by atoms with Gasteiger partial charge >= 0.3 is 0 Å². The minimum atomic E-state index is -0.404. The molecule has 0 saturated carbocycles. The topological polar surface area (TPSA) is 38.3 Å². The first kappa shape index (κ1) is 15.5. The molecular formula is C16H15BrFNO2. The second kappa shape index (κ2) is 7.78. The summed E-state index contributed by atoms with van der Waals surface area (Å²) >= 11 is 3.34. The van der Waals surface area contributed by atoms with E-state index in [0.29, 0.717) is 13.0 Å². The lowest BCUT2D eigenvalue weighted by Crippen LogP contribution is -2.29. The Balaban J connectivity index is 1.70. The standard InChI is InChI=1S/C16H15BrFNO2/c17-13-7-5-12(6-8-13)11-16(20)19-9-10-21-15-4-2-1-3-14(15)18/h1-8H,9-11H2,(H,19,20). The molecule has 0 fully saturated rings. The van der Waals surface area contributed by atoms with Crippen LogP contribution in [-0.2, 0) is 11.2 Å². The average Bonchev–Trinajstić information content (AvgIpc) is 2.48. The quantitative estimate of drug-likeness (QED) is 0.810. The highest BCUT2D eigenvalue weighted by molar-refractivity contribution is 9.10. The fraction of sp³-hybridized carbons (Fsp3) is 0.188. The number of carbonyl (C=O) groups excluding carboxylic acids is 1. The molecule has 0 aliphatic carbocycles. The summed E-state index contributed by atoms with van der Waals surface area (Å²) in [4.78, 5) is 11.7. The zero-order valence-electron chi connectivity index (χ0n) is 11.3. The summed E-state index contributed by atoms with van der Waals surface area (Å²) < 4.78 is 19.5. The van der Waals surface area contributed by atoms with Crippen molar-refractivity contribution in [1.82, 2.24) is 5.32 Å². The molecule has 21 heavy (non-hydrogen) atoms. The van der Waals surface area contributed by atoms with E-state index in [1.807, 2.05) is 24.3 Å². The van der Waals surface area contributed by atoms with Crippen LogP contribution < -0.4 is 10.1 Å². The fourth-order valence-electron chi connectivity index (χ4n) is 1.76. The molecule has 3 nitrogen and oxygen atoms in total. The Bertz CT molecular complexity index is 601. The first-order valence-corrected chi connectivity index (χ1v) is 7.33. The van der Waals surface area contributed by atoms with Crippen LogP contribution in [0, 0.1) is 5.82 Å². The van der Waals surface area contributed by atoms with Gasteiger partial charge in [-0.2, -0.15) is 0 Å². The predicted octanol–water partition coefficient (Wildman–Crippen LogP) is 3.33. The van der Waals surface area contributed by atoms with Crippen LogP contribution in [0.3, 0.4) is 0 Å². The fourth-order valence-corrected chi connectivity index (χ4v) is 2.03. The SMILES string of the molecule is O=C(Cc1ccc(Br)cc1)NCCOc1ccccc1F. The Morgan fingerprint density at radius 1 is 1.14 bits per heavy atom. The summed E-state index contributed by atoms with van der Waals surface area (Å²) in [6.45, 7) is 0.566. The number of halogens is 2. The van der Waals surface area contributed by atoms with Gasteiger partial charge in [0.2, 0.25) is 5.91 Å². The third-order valence-corrected chi connectivity index (χ3v) is 3.33. The Hall–Kier alpha value is -1.88. The van der Waals surface area contributed by atoms with E-state index in [1.165, 1.54) is 6.07 Å². The molecule has 1 N–H and O–H groups in total. The lowest BCUT2D eigenvalue weighted by Gasteiger charge is -2.08. The maximum atomic E-state index is 13.3. The van der Waals surface area contributed by atoms with E-state index in [9.17, 15) is 9.18 Å². The Morgan fingerprint density at radius 3 is 2.57 bits per heavy atom. The van der Waals surface area contributed by atoms with Crippen LogP contribution in [0.1, 0.15) is 5.56 Å². The van der Waals surface area contributed by atoms with Gasteiger partial charge in [-0.05, 0) is 29.8 Å². The largest absolute Gasteiger partial charge is 0.489 e. The first-order chi connectivity index (χ1) is 10.1. The number of para-hydroxylation sites is 1. The van der Waals surface area contributed by atoms with E-state index < -0.39 is 5.82 Å². The van der Waals surface area contributed by atoms with Crippen molar-refractivity contribution < 1.29 is 13.9 Å². The molecule has 0 aliphatic heterocycles. The van der Waals surface area contributed by atoms with E-state index in [4.69, 9.17) is 4.74 Å². The highest BCUT2D eigenvalue weighted by atomic mass is 79.9. The maximum Gasteiger partial charge on any atom is 0.224 e. The first-order valence-electron chi connectivity index (χ1n) is 6.53. The Labute approximate surface area is 131 Å². The summed E-state index contributed by atoms with van der Waals surface area (Å²) in [7, 11) is 0.